The number of aliphatic imine (C=N–C) groups is 2. The van der Waals surface area contributed by atoms with E-state index in [0.29, 0.717) is 47.7 Å². The molecule has 2 saturated carbocycles. The summed E-state index contributed by atoms with van der Waals surface area (Å²) >= 11 is 0. The van der Waals surface area contributed by atoms with Crippen LogP contribution in [0.4, 0.5) is 0 Å². The van der Waals surface area contributed by atoms with Crippen molar-refractivity contribution in [2.45, 2.75) is 107 Å². The van der Waals surface area contributed by atoms with Crippen LogP contribution >= 0.6 is 0 Å². The van der Waals surface area contributed by atoms with Gasteiger partial charge in [-0.2, -0.15) is 0 Å². The van der Waals surface area contributed by atoms with Crippen LogP contribution < -0.4 is 11.1 Å². The molecule has 0 bridgehead atoms. The van der Waals surface area contributed by atoms with Gasteiger partial charge in [-0.15, -0.1) is 0 Å². The zero-order valence-electron chi connectivity index (χ0n) is 37.2. The summed E-state index contributed by atoms with van der Waals surface area (Å²) in [4.78, 5) is 47.8. The van der Waals surface area contributed by atoms with Gasteiger partial charge in [0.25, 0.3) is 5.91 Å². The molecule has 11 nitrogen and oxygen atoms in total. The molecule has 2 heterocycles. The van der Waals surface area contributed by atoms with Crippen LogP contribution in [0.3, 0.4) is 0 Å². The van der Waals surface area contributed by atoms with E-state index >= 15 is 0 Å². The average molecular weight is 868 g/mol. The predicted octanol–water partition coefficient (Wildman–Crippen LogP) is 7.88. The third kappa shape index (κ3) is 9.77. The number of carbonyl (C=O) groups excluding carboxylic acids is 2. The van der Waals surface area contributed by atoms with Crippen molar-refractivity contribution in [3.05, 3.63) is 119 Å². The zero-order chi connectivity index (χ0) is 45.3. The van der Waals surface area contributed by atoms with Gasteiger partial charge in [-0.3, -0.25) is 14.6 Å². The lowest BCUT2D eigenvalue weighted by molar-refractivity contribution is -0.154. The second kappa shape index (κ2) is 21.0. The standard InChI is InChI=1S/C26H31N3O3.C14H10O3.C9H17N.C4H7N/c27-18-13-11-17(12-14-18)16-28-24(30)23-10-5-15-29(23)25(31)26(32)21-8-3-1-6-19(21)20-7-2-4-9-22(20)26;15-13(16)14(17)11-7-3-1-5-9(11)10-6-2-4-8-12(10)14;1-8-3-5-9(6-4-8)7-10-2;1-2-4-5-3-1/h1-4,6-9,17-18,23,32H,5,10-16,27H2,(H,28,30);1-8,17H,(H,15,16);8-9H,2-7H2,1H3;3H,1-2,4H2/t17?,18?,23-;;;/m0.../s1. The van der Waals surface area contributed by atoms with Crippen LogP contribution in [0.5, 0.6) is 0 Å². The number of carboxylic acid groups (broad SMARTS) is 1. The Morgan fingerprint density at radius 1 is 0.719 bits per heavy atom. The third-order valence-electron chi connectivity index (χ3n) is 14.0. The van der Waals surface area contributed by atoms with Crippen molar-refractivity contribution < 1.29 is 29.7 Å². The Bertz CT molecular complexity index is 2200. The normalized spacial score (nSPS) is 23.8. The van der Waals surface area contributed by atoms with Gasteiger partial charge < -0.3 is 36.3 Å². The number of nitrogens with two attached hydrogens (primary N) is 1. The first-order valence-electron chi connectivity index (χ1n) is 23.3. The number of likely N-dealkylation sites (tertiary alicyclic amines) is 1. The van der Waals surface area contributed by atoms with Crippen LogP contribution in [0.15, 0.2) is 107 Å². The highest BCUT2D eigenvalue weighted by atomic mass is 16.4. The Hall–Kier alpha value is -5.49. The molecule has 0 unspecified atom stereocenters. The fourth-order valence-electron chi connectivity index (χ4n) is 10.3. The Labute approximate surface area is 377 Å². The minimum absolute atomic E-state index is 0.117. The van der Waals surface area contributed by atoms with Gasteiger partial charge in [0.2, 0.25) is 11.5 Å². The summed E-state index contributed by atoms with van der Waals surface area (Å²) in [5.41, 5.74) is 7.67. The highest BCUT2D eigenvalue weighted by molar-refractivity contribution is 6.01. The Morgan fingerprint density at radius 2 is 1.20 bits per heavy atom. The number of aliphatic carboxylic acids is 1. The number of fused-ring (bicyclic) bond motifs is 6. The number of nitrogens with zero attached hydrogens (tertiary/aromatic N) is 3. The number of hydrogen-bond acceptors (Lipinski definition) is 8. The maximum atomic E-state index is 13.8. The fraction of sp³-hybridized carbons (Fsp3) is 0.453. The predicted molar refractivity (Wildman–Crippen MR) is 253 cm³/mol. The molecule has 0 radical (unpaired) electrons. The number of rotatable bonds is 7. The summed E-state index contributed by atoms with van der Waals surface area (Å²) in [5.74, 6) is 0.497. The van der Waals surface area contributed by atoms with Gasteiger partial charge in [0.05, 0.1) is 0 Å². The van der Waals surface area contributed by atoms with Gasteiger partial charge >= 0.3 is 5.97 Å². The molecule has 64 heavy (non-hydrogen) atoms. The van der Waals surface area contributed by atoms with Gasteiger partial charge in [-0.25, -0.2) is 4.79 Å². The lowest BCUT2D eigenvalue weighted by atomic mass is 9.83. The Morgan fingerprint density at radius 3 is 1.64 bits per heavy atom. The smallest absolute Gasteiger partial charge is 0.345 e. The topological polar surface area (TPSA) is 178 Å². The lowest BCUT2D eigenvalue weighted by Crippen LogP contribution is -2.53. The van der Waals surface area contributed by atoms with Crippen LogP contribution in [0, 0.1) is 17.8 Å². The van der Waals surface area contributed by atoms with E-state index in [0.717, 1.165) is 79.3 Å². The SMILES string of the molecule is C1=NCCC1.C=NCC1CCC(C)CC1.NC1CCC(CNC(=O)[C@@H]2CCCN2C(=O)C2(O)c3ccccc3-c3ccccc32)CC1.O=C(O)C1(O)c2ccccc2-c2ccccc21. The molecule has 2 amide bonds. The molecule has 1 saturated heterocycles. The minimum atomic E-state index is -1.92. The van der Waals surface area contributed by atoms with Gasteiger partial charge in [0, 0.05) is 54.5 Å². The van der Waals surface area contributed by atoms with Crippen molar-refractivity contribution in [1.29, 1.82) is 0 Å². The van der Waals surface area contributed by atoms with E-state index in [1.165, 1.54) is 38.5 Å². The molecular formula is C53H65N5O6. The number of amides is 2. The first-order valence-corrected chi connectivity index (χ1v) is 23.3. The molecular weight excluding hydrogens is 803 g/mol. The third-order valence-corrected chi connectivity index (χ3v) is 14.0. The summed E-state index contributed by atoms with van der Waals surface area (Å²) in [5, 5.41) is 34.7. The van der Waals surface area contributed by atoms with Crippen molar-refractivity contribution in [1.82, 2.24) is 10.2 Å². The molecule has 11 heteroatoms. The van der Waals surface area contributed by atoms with E-state index in [9.17, 15) is 29.7 Å². The molecule has 4 aromatic rings. The Balaban J connectivity index is 0.000000157. The highest BCUT2D eigenvalue weighted by Gasteiger charge is 2.52. The average Bonchev–Trinajstić information content (AvgIpc) is 4.16. The van der Waals surface area contributed by atoms with Crippen molar-refractivity contribution in [2.24, 2.45) is 33.5 Å². The summed E-state index contributed by atoms with van der Waals surface area (Å²) in [6, 6.07) is 28.8. The molecule has 6 aliphatic rings. The quantitative estimate of drug-likeness (QED) is 0.117. The minimum Gasteiger partial charge on any atom is -0.479 e. The molecule has 0 aromatic heterocycles. The van der Waals surface area contributed by atoms with Crippen LogP contribution in [-0.4, -0.2) is 89.2 Å². The van der Waals surface area contributed by atoms with E-state index in [1.54, 1.807) is 29.2 Å². The number of carboxylic acids is 1. The maximum Gasteiger partial charge on any atom is 0.345 e. The van der Waals surface area contributed by atoms with E-state index in [1.807, 2.05) is 79.0 Å². The molecule has 6 N–H and O–H groups in total. The molecule has 0 spiro atoms. The molecule has 2 aliphatic heterocycles. The van der Waals surface area contributed by atoms with Crippen LogP contribution in [0.25, 0.3) is 22.3 Å². The Kier molecular flexibility index (Phi) is 15.3. The summed E-state index contributed by atoms with van der Waals surface area (Å²) in [6.07, 6.45) is 15.5. The second-order valence-corrected chi connectivity index (χ2v) is 18.4. The molecule has 4 aromatic carbocycles. The second-order valence-electron chi connectivity index (χ2n) is 18.4. The van der Waals surface area contributed by atoms with Crippen molar-refractivity contribution in [2.75, 3.05) is 26.2 Å². The van der Waals surface area contributed by atoms with Crippen molar-refractivity contribution in [3.8, 4) is 22.3 Å². The van der Waals surface area contributed by atoms with E-state index in [-0.39, 0.29) is 11.9 Å². The van der Waals surface area contributed by atoms with E-state index in [2.05, 4.69) is 28.9 Å². The molecule has 3 fully saturated rings. The summed E-state index contributed by atoms with van der Waals surface area (Å²) < 4.78 is 0. The maximum absolute atomic E-state index is 13.8. The first-order chi connectivity index (χ1) is 31.0. The van der Waals surface area contributed by atoms with Crippen LogP contribution in [-0.2, 0) is 25.6 Å². The van der Waals surface area contributed by atoms with Gasteiger partial charge in [0.1, 0.15) is 6.04 Å². The molecule has 1 atom stereocenters. The molecule has 4 aliphatic carbocycles. The van der Waals surface area contributed by atoms with Gasteiger partial charge in [-0.05, 0) is 117 Å². The number of carbonyl (C=O) groups is 3. The summed E-state index contributed by atoms with van der Waals surface area (Å²) in [6.45, 7) is 9.03. The lowest BCUT2D eigenvalue weighted by Gasteiger charge is -2.33. The van der Waals surface area contributed by atoms with Crippen molar-refractivity contribution >= 4 is 30.7 Å². The monoisotopic (exact) mass is 867 g/mol. The van der Waals surface area contributed by atoms with Gasteiger partial charge in [0.15, 0.2) is 5.60 Å². The number of hydrogen-bond donors (Lipinski definition) is 5. The number of nitrogens with one attached hydrogen (secondary N) is 1. The molecule has 338 valence electrons. The van der Waals surface area contributed by atoms with E-state index < -0.39 is 29.1 Å². The number of benzene rings is 4. The number of aliphatic hydroxyl groups is 2. The largest absolute Gasteiger partial charge is 0.479 e. The van der Waals surface area contributed by atoms with Crippen LogP contribution in [0.2, 0.25) is 0 Å². The van der Waals surface area contributed by atoms with Crippen molar-refractivity contribution in [3.63, 3.8) is 0 Å². The first kappa shape index (κ1) is 46.5. The van der Waals surface area contributed by atoms with Crippen LogP contribution in [0.1, 0.15) is 106 Å². The van der Waals surface area contributed by atoms with Gasteiger partial charge in [-0.1, -0.05) is 117 Å². The van der Waals surface area contributed by atoms with E-state index in [4.69, 9.17) is 5.73 Å². The summed E-state index contributed by atoms with van der Waals surface area (Å²) in [7, 11) is 0. The fourth-order valence-corrected chi connectivity index (χ4v) is 10.3. The zero-order valence-corrected chi connectivity index (χ0v) is 37.2. The molecule has 10 rings (SSSR count). The highest BCUT2D eigenvalue weighted by Crippen LogP contribution is 2.49.